The minimum absolute atomic E-state index is 0.00201. The number of nitrogens with zero attached hydrogens (tertiary/aromatic N) is 1. The fraction of sp³-hybridized carbons (Fsp3) is 0.391. The minimum atomic E-state index is -0.550. The van der Waals surface area contributed by atoms with Crippen molar-refractivity contribution in [1.82, 2.24) is 4.90 Å². The van der Waals surface area contributed by atoms with Crippen molar-refractivity contribution < 1.29 is 19.1 Å². The van der Waals surface area contributed by atoms with Gasteiger partial charge < -0.3 is 9.47 Å². The summed E-state index contributed by atoms with van der Waals surface area (Å²) in [6.07, 6.45) is 1.14. The van der Waals surface area contributed by atoms with Crippen LogP contribution in [0.25, 0.3) is 11.1 Å². The van der Waals surface area contributed by atoms with Crippen molar-refractivity contribution in [2.24, 2.45) is 5.92 Å². The second-order valence-corrected chi connectivity index (χ2v) is 7.39. The number of benzene rings is 2. The van der Waals surface area contributed by atoms with Gasteiger partial charge in [0.1, 0.15) is 12.6 Å². The lowest BCUT2D eigenvalue weighted by molar-refractivity contribution is -0.140. The number of hydrogen-bond acceptors (Lipinski definition) is 4. The molecular formula is C23H25NO4. The van der Waals surface area contributed by atoms with Gasteiger partial charge in [-0.3, -0.25) is 4.90 Å². The molecule has 28 heavy (non-hydrogen) atoms. The van der Waals surface area contributed by atoms with Crippen molar-refractivity contribution in [3.63, 3.8) is 0 Å². The van der Waals surface area contributed by atoms with Crippen LogP contribution in [0.5, 0.6) is 0 Å². The predicted octanol–water partition coefficient (Wildman–Crippen LogP) is 4.56. The lowest BCUT2D eigenvalue weighted by atomic mass is 9.94. The Morgan fingerprint density at radius 3 is 2.21 bits per heavy atom. The highest BCUT2D eigenvalue weighted by molar-refractivity contribution is 5.84. The maximum atomic E-state index is 12.8. The smallest absolute Gasteiger partial charge is 0.413 e. The average Bonchev–Trinajstić information content (AvgIpc) is 3.26. The number of ether oxygens (including phenoxy) is 2. The summed E-state index contributed by atoms with van der Waals surface area (Å²) in [6.45, 7) is 4.26. The summed E-state index contributed by atoms with van der Waals surface area (Å²) in [4.78, 5) is 26.4. The van der Waals surface area contributed by atoms with Crippen molar-refractivity contribution >= 4 is 12.1 Å². The van der Waals surface area contributed by atoms with E-state index < -0.39 is 12.1 Å². The summed E-state index contributed by atoms with van der Waals surface area (Å²) in [5, 5.41) is 0. The van der Waals surface area contributed by atoms with Crippen molar-refractivity contribution in [2.45, 2.75) is 38.6 Å². The zero-order valence-corrected chi connectivity index (χ0v) is 16.3. The molecule has 2 aromatic rings. The van der Waals surface area contributed by atoms with Crippen LogP contribution >= 0.6 is 0 Å². The highest BCUT2D eigenvalue weighted by Crippen LogP contribution is 2.44. The van der Waals surface area contributed by atoms with Gasteiger partial charge in [-0.1, -0.05) is 75.2 Å². The van der Waals surface area contributed by atoms with Crippen LogP contribution in [0, 0.1) is 5.92 Å². The Morgan fingerprint density at radius 1 is 1.07 bits per heavy atom. The summed E-state index contributed by atoms with van der Waals surface area (Å²) in [6, 6.07) is 15.9. The van der Waals surface area contributed by atoms with Crippen LogP contribution in [-0.4, -0.2) is 36.3 Å². The third-order valence-electron chi connectivity index (χ3n) is 5.99. The van der Waals surface area contributed by atoms with Crippen molar-refractivity contribution in [1.29, 1.82) is 0 Å². The first-order chi connectivity index (χ1) is 13.7. The Bertz CT molecular complexity index is 844. The van der Waals surface area contributed by atoms with Crippen LogP contribution in [0.1, 0.15) is 43.7 Å². The van der Waals surface area contributed by atoms with Gasteiger partial charge in [0.25, 0.3) is 0 Å². The van der Waals surface area contributed by atoms with Gasteiger partial charge in [0.05, 0.1) is 0 Å². The first-order valence-electron chi connectivity index (χ1n) is 9.93. The topological polar surface area (TPSA) is 55.8 Å². The largest absolute Gasteiger partial charge is 0.448 e. The molecule has 1 fully saturated rings. The number of carbonyl (C=O) groups is 2. The predicted molar refractivity (Wildman–Crippen MR) is 106 cm³/mol. The van der Waals surface area contributed by atoms with E-state index in [0.717, 1.165) is 12.8 Å². The molecular weight excluding hydrogens is 354 g/mol. The molecule has 5 nitrogen and oxygen atoms in total. The molecule has 1 saturated heterocycles. The standard InChI is InChI=1S/C23H25NO4/c1-3-15(4-2)21-22(25)28-14-24(21)23(26)27-13-20-18-11-7-5-9-16(18)17-10-6-8-12-19(17)20/h5-12,15,20-21H,3-4,13-14H2,1-2H3/t21-/m0/s1. The molecule has 0 saturated carbocycles. The van der Waals surface area contributed by atoms with Gasteiger partial charge in [0.15, 0.2) is 6.73 Å². The Hall–Kier alpha value is -2.82. The second kappa shape index (κ2) is 7.66. The Morgan fingerprint density at radius 2 is 1.64 bits per heavy atom. The molecule has 0 bridgehead atoms. The van der Waals surface area contributed by atoms with Gasteiger partial charge >= 0.3 is 12.1 Å². The first-order valence-corrected chi connectivity index (χ1v) is 9.93. The van der Waals surface area contributed by atoms with Gasteiger partial charge in [-0.05, 0) is 28.2 Å². The van der Waals surface area contributed by atoms with E-state index >= 15 is 0 Å². The normalized spacial score (nSPS) is 18.2. The molecule has 2 aliphatic rings. The van der Waals surface area contributed by atoms with Crippen LogP contribution in [0.15, 0.2) is 48.5 Å². The van der Waals surface area contributed by atoms with Crippen LogP contribution in [-0.2, 0) is 14.3 Å². The van der Waals surface area contributed by atoms with E-state index in [-0.39, 0.29) is 31.1 Å². The number of rotatable bonds is 5. The van der Waals surface area contributed by atoms with E-state index in [1.165, 1.54) is 27.2 Å². The van der Waals surface area contributed by atoms with E-state index in [4.69, 9.17) is 9.47 Å². The third kappa shape index (κ3) is 3.05. The number of cyclic esters (lactones) is 1. The Kier molecular flexibility index (Phi) is 5.07. The van der Waals surface area contributed by atoms with E-state index in [0.29, 0.717) is 0 Å². The van der Waals surface area contributed by atoms with E-state index in [2.05, 4.69) is 24.3 Å². The summed E-state index contributed by atoms with van der Waals surface area (Å²) < 4.78 is 10.9. The highest BCUT2D eigenvalue weighted by atomic mass is 16.6. The fourth-order valence-electron chi connectivity index (χ4n) is 4.45. The average molecular weight is 379 g/mol. The zero-order valence-electron chi connectivity index (χ0n) is 16.3. The molecule has 1 aliphatic carbocycles. The summed E-state index contributed by atoms with van der Waals surface area (Å²) in [5.41, 5.74) is 4.71. The minimum Gasteiger partial charge on any atom is -0.448 e. The lowest BCUT2D eigenvalue weighted by Gasteiger charge is -2.26. The first kappa shape index (κ1) is 18.5. The molecule has 1 heterocycles. The quantitative estimate of drug-likeness (QED) is 0.715. The molecule has 0 radical (unpaired) electrons. The van der Waals surface area contributed by atoms with Crippen LogP contribution in [0.4, 0.5) is 4.79 Å². The number of carbonyl (C=O) groups excluding carboxylic acids is 2. The summed E-state index contributed by atoms with van der Waals surface area (Å²) >= 11 is 0. The van der Waals surface area contributed by atoms with E-state index in [1.807, 2.05) is 38.1 Å². The molecule has 1 aliphatic heterocycles. The number of fused-ring (bicyclic) bond motifs is 3. The molecule has 146 valence electrons. The van der Waals surface area contributed by atoms with E-state index in [1.54, 1.807) is 0 Å². The maximum absolute atomic E-state index is 12.8. The molecule has 1 amide bonds. The third-order valence-corrected chi connectivity index (χ3v) is 5.99. The molecule has 0 N–H and O–H groups in total. The van der Waals surface area contributed by atoms with Crippen molar-refractivity contribution in [2.75, 3.05) is 13.3 Å². The zero-order chi connectivity index (χ0) is 19.7. The number of hydrogen-bond donors (Lipinski definition) is 0. The second-order valence-electron chi connectivity index (χ2n) is 7.39. The van der Waals surface area contributed by atoms with Crippen LogP contribution in [0.2, 0.25) is 0 Å². The van der Waals surface area contributed by atoms with Crippen LogP contribution in [0.3, 0.4) is 0 Å². The van der Waals surface area contributed by atoms with Crippen LogP contribution < -0.4 is 0 Å². The number of esters is 1. The lowest BCUT2D eigenvalue weighted by Crippen LogP contribution is -2.43. The van der Waals surface area contributed by atoms with E-state index in [9.17, 15) is 9.59 Å². The Labute approximate surface area is 165 Å². The molecule has 0 unspecified atom stereocenters. The Balaban J connectivity index is 1.52. The van der Waals surface area contributed by atoms with Gasteiger partial charge in [-0.2, -0.15) is 0 Å². The van der Waals surface area contributed by atoms with Gasteiger partial charge in [0, 0.05) is 5.92 Å². The van der Waals surface area contributed by atoms with Gasteiger partial charge in [0.2, 0.25) is 0 Å². The maximum Gasteiger partial charge on any atom is 0.413 e. The van der Waals surface area contributed by atoms with Gasteiger partial charge in [-0.25, -0.2) is 9.59 Å². The molecule has 0 spiro atoms. The summed E-state index contributed by atoms with van der Waals surface area (Å²) in [5.74, 6) is -0.250. The van der Waals surface area contributed by atoms with Crippen molar-refractivity contribution in [3.05, 3.63) is 59.7 Å². The molecule has 2 aromatic carbocycles. The number of amides is 1. The highest BCUT2D eigenvalue weighted by Gasteiger charge is 2.43. The monoisotopic (exact) mass is 379 g/mol. The van der Waals surface area contributed by atoms with Gasteiger partial charge in [-0.15, -0.1) is 0 Å². The molecule has 4 rings (SSSR count). The molecule has 1 atom stereocenters. The SMILES string of the molecule is CCC(CC)[C@H]1C(=O)OCN1C(=O)OCC1c2ccccc2-c2ccccc21. The fourth-order valence-corrected chi connectivity index (χ4v) is 4.45. The summed E-state index contributed by atoms with van der Waals surface area (Å²) in [7, 11) is 0. The molecule has 5 heteroatoms. The molecule has 0 aromatic heterocycles. The van der Waals surface area contributed by atoms with Crippen molar-refractivity contribution in [3.8, 4) is 11.1 Å².